The van der Waals surface area contributed by atoms with Crippen LogP contribution in [0.5, 0.6) is 0 Å². The van der Waals surface area contributed by atoms with Gasteiger partial charge in [-0.3, -0.25) is 5.32 Å². The third-order valence-electron chi connectivity index (χ3n) is 11.5. The Labute approximate surface area is 332 Å². The van der Waals surface area contributed by atoms with E-state index in [1.807, 2.05) is 17.4 Å². The lowest BCUT2D eigenvalue weighted by Gasteiger charge is -2.32. The van der Waals surface area contributed by atoms with Crippen molar-refractivity contribution in [2.75, 3.05) is 0 Å². The van der Waals surface area contributed by atoms with Crippen LogP contribution in [0.3, 0.4) is 0 Å². The first-order valence-corrected chi connectivity index (χ1v) is 20.2. The van der Waals surface area contributed by atoms with Crippen LogP contribution in [0.4, 0.5) is 0 Å². The van der Waals surface area contributed by atoms with E-state index in [0.29, 0.717) is 0 Å². The highest BCUT2D eigenvalue weighted by atomic mass is 32.1. The lowest BCUT2D eigenvalue weighted by atomic mass is 10.0. The van der Waals surface area contributed by atoms with Crippen LogP contribution in [0.2, 0.25) is 0 Å². The van der Waals surface area contributed by atoms with Crippen LogP contribution in [-0.2, 0) is 0 Å². The Morgan fingerprint density at radius 3 is 2.12 bits per heavy atom. The molecule has 11 aromatic rings. The summed E-state index contributed by atoms with van der Waals surface area (Å²) in [4.78, 5) is 5.35. The molecular formula is C51H34N4OS. The minimum absolute atomic E-state index is 0.153. The maximum Gasteiger partial charge on any atom is 0.137 e. The number of aliphatic imine (C=N–C) groups is 1. The fourth-order valence-corrected chi connectivity index (χ4v) is 10.1. The van der Waals surface area contributed by atoms with Gasteiger partial charge in [-0.2, -0.15) is 0 Å². The fourth-order valence-electron chi connectivity index (χ4n) is 8.84. The number of thiophene rings is 1. The number of hydrogen-bond donors (Lipinski definition) is 2. The average Bonchev–Trinajstić information content (AvgIpc) is 3.96. The first-order chi connectivity index (χ1) is 28.2. The van der Waals surface area contributed by atoms with Crippen LogP contribution in [0.1, 0.15) is 29.0 Å². The van der Waals surface area contributed by atoms with Gasteiger partial charge in [-0.25, -0.2) is 4.99 Å². The van der Waals surface area contributed by atoms with E-state index >= 15 is 0 Å². The van der Waals surface area contributed by atoms with E-state index in [9.17, 15) is 0 Å². The molecule has 0 spiro atoms. The molecule has 0 saturated carbocycles. The van der Waals surface area contributed by atoms with Crippen molar-refractivity contribution < 1.29 is 4.42 Å². The summed E-state index contributed by atoms with van der Waals surface area (Å²) in [7, 11) is 0. The number of para-hydroxylation sites is 1. The van der Waals surface area contributed by atoms with Gasteiger partial charge in [0.1, 0.15) is 29.3 Å². The second-order valence-electron chi connectivity index (χ2n) is 14.8. The number of rotatable bonds is 5. The zero-order valence-electron chi connectivity index (χ0n) is 30.7. The molecule has 0 amide bonds. The van der Waals surface area contributed by atoms with Crippen molar-refractivity contribution in [1.29, 1.82) is 0 Å². The molecule has 2 unspecified atom stereocenters. The first-order valence-electron chi connectivity index (χ1n) is 19.4. The summed E-state index contributed by atoms with van der Waals surface area (Å²) < 4.78 is 11.8. The standard InChI is InChI=1S/C51H34N4OS/c1-3-12-31(13-4-1)32-22-24-34(25-23-32)50-52-49(33-14-5-2-6-15-33)53-51(54-50)40-18-11-20-43-46(40)39-27-26-35(30-44(39)56-43)55-41-19-9-7-17-38(41)47-42(55)29-28-37-36-16-8-10-21-45(36)57-48(37)47/h1-30,49-50,52H,(H,53,54). The zero-order valence-corrected chi connectivity index (χ0v) is 31.5. The topological polar surface area (TPSA) is 54.5 Å². The van der Waals surface area contributed by atoms with Gasteiger partial charge < -0.3 is 14.3 Å². The number of nitrogens with zero attached hydrogens (tertiary/aromatic N) is 2. The Bertz CT molecular complexity index is 3360. The highest BCUT2D eigenvalue weighted by Crippen LogP contribution is 2.44. The minimum atomic E-state index is -0.265. The number of hydrogen-bond acceptors (Lipinski definition) is 5. The van der Waals surface area contributed by atoms with Crippen molar-refractivity contribution in [3.05, 3.63) is 199 Å². The Morgan fingerprint density at radius 2 is 1.26 bits per heavy atom. The lowest BCUT2D eigenvalue weighted by Crippen LogP contribution is -2.45. The third-order valence-corrected chi connectivity index (χ3v) is 12.7. The van der Waals surface area contributed by atoms with E-state index in [0.717, 1.165) is 50.2 Å². The SMILES string of the molecule is c1ccc(-c2ccc(C3N=C(c4cccc5oc6cc(-n7c8ccccc8c8c9sc%10ccccc%10c9ccc87)ccc6c45)NC(c4ccccc4)N3)cc2)cc1. The monoisotopic (exact) mass is 750 g/mol. The molecule has 1 aliphatic heterocycles. The predicted molar refractivity (Wildman–Crippen MR) is 238 cm³/mol. The quantitative estimate of drug-likeness (QED) is 0.184. The first kappa shape index (κ1) is 32.3. The van der Waals surface area contributed by atoms with Crippen LogP contribution in [-0.4, -0.2) is 10.4 Å². The molecule has 1 aliphatic rings. The molecule has 0 aliphatic carbocycles. The summed E-state index contributed by atoms with van der Waals surface area (Å²) in [5.41, 5.74) is 10.7. The normalized spacial score (nSPS) is 15.9. The molecule has 5 nitrogen and oxygen atoms in total. The van der Waals surface area contributed by atoms with Gasteiger partial charge in [0.2, 0.25) is 0 Å². The molecule has 270 valence electrons. The maximum atomic E-state index is 6.73. The van der Waals surface area contributed by atoms with E-state index < -0.39 is 0 Å². The van der Waals surface area contributed by atoms with E-state index in [-0.39, 0.29) is 12.3 Å². The maximum absolute atomic E-state index is 6.73. The van der Waals surface area contributed by atoms with Gasteiger partial charge in [-0.05, 0) is 58.7 Å². The van der Waals surface area contributed by atoms with Crippen molar-refractivity contribution in [3.63, 3.8) is 0 Å². The molecule has 2 atom stereocenters. The number of aromatic nitrogens is 1. The summed E-state index contributed by atoms with van der Waals surface area (Å²) in [5, 5.41) is 14.8. The number of benzene rings is 8. The van der Waals surface area contributed by atoms with E-state index in [2.05, 4.69) is 191 Å². The Balaban J connectivity index is 0.995. The molecule has 0 saturated heterocycles. The fraction of sp³-hybridized carbons (Fsp3) is 0.0392. The van der Waals surface area contributed by atoms with Crippen molar-refractivity contribution >= 4 is 81.1 Å². The van der Waals surface area contributed by atoms with E-state index in [4.69, 9.17) is 9.41 Å². The zero-order chi connectivity index (χ0) is 37.5. The van der Waals surface area contributed by atoms with Gasteiger partial charge in [0.25, 0.3) is 0 Å². The molecule has 0 fully saturated rings. The molecule has 0 bridgehead atoms. The highest BCUT2D eigenvalue weighted by molar-refractivity contribution is 7.26. The average molecular weight is 751 g/mol. The van der Waals surface area contributed by atoms with Gasteiger partial charge in [0.05, 0.1) is 11.0 Å². The molecular weight excluding hydrogens is 717 g/mol. The summed E-state index contributed by atoms with van der Waals surface area (Å²) >= 11 is 1.88. The number of amidine groups is 1. The Kier molecular flexibility index (Phi) is 7.24. The summed E-state index contributed by atoms with van der Waals surface area (Å²) in [5.74, 6) is 0.826. The van der Waals surface area contributed by atoms with E-state index in [1.54, 1.807) is 0 Å². The molecule has 2 N–H and O–H groups in total. The van der Waals surface area contributed by atoms with Crippen molar-refractivity contribution in [2.45, 2.75) is 12.3 Å². The van der Waals surface area contributed by atoms with Crippen molar-refractivity contribution in [3.8, 4) is 16.8 Å². The molecule has 8 aromatic carbocycles. The summed E-state index contributed by atoms with van der Waals surface area (Å²) in [6, 6.07) is 64.7. The Hall–Kier alpha value is -6.99. The van der Waals surface area contributed by atoms with Gasteiger partial charge in [-0.15, -0.1) is 11.3 Å². The minimum Gasteiger partial charge on any atom is -0.456 e. The highest BCUT2D eigenvalue weighted by Gasteiger charge is 2.27. The molecule has 12 rings (SSSR count). The molecule has 57 heavy (non-hydrogen) atoms. The smallest absolute Gasteiger partial charge is 0.137 e. The summed E-state index contributed by atoms with van der Waals surface area (Å²) in [6.45, 7) is 0. The predicted octanol–water partition coefficient (Wildman–Crippen LogP) is 13.1. The molecule has 0 radical (unpaired) electrons. The van der Waals surface area contributed by atoms with Gasteiger partial charge >= 0.3 is 0 Å². The van der Waals surface area contributed by atoms with Gasteiger partial charge in [-0.1, -0.05) is 140 Å². The third kappa shape index (κ3) is 5.15. The van der Waals surface area contributed by atoms with Crippen LogP contribution >= 0.6 is 11.3 Å². The van der Waals surface area contributed by atoms with Crippen LogP contribution in [0.25, 0.3) is 80.7 Å². The second kappa shape index (κ2) is 12.8. The summed E-state index contributed by atoms with van der Waals surface area (Å²) in [6.07, 6.45) is -0.417. The Morgan fingerprint density at radius 1 is 0.526 bits per heavy atom. The van der Waals surface area contributed by atoms with Crippen LogP contribution in [0.15, 0.2) is 191 Å². The molecule has 6 heteroatoms. The largest absolute Gasteiger partial charge is 0.456 e. The van der Waals surface area contributed by atoms with Crippen molar-refractivity contribution in [1.82, 2.24) is 15.2 Å². The van der Waals surface area contributed by atoms with Gasteiger partial charge in [0, 0.05) is 59.0 Å². The van der Waals surface area contributed by atoms with Gasteiger partial charge in [0.15, 0.2) is 0 Å². The van der Waals surface area contributed by atoms with Crippen LogP contribution < -0.4 is 10.6 Å². The molecule has 4 heterocycles. The number of nitrogens with one attached hydrogen (secondary N) is 2. The van der Waals surface area contributed by atoms with Crippen LogP contribution in [0, 0.1) is 0 Å². The lowest BCUT2D eigenvalue weighted by molar-refractivity contribution is 0.409. The second-order valence-corrected chi connectivity index (χ2v) is 15.8. The number of furan rings is 1. The van der Waals surface area contributed by atoms with Crippen molar-refractivity contribution in [2.24, 2.45) is 4.99 Å². The number of fused-ring (bicyclic) bond motifs is 10. The molecule has 3 aromatic heterocycles. The van der Waals surface area contributed by atoms with E-state index in [1.165, 1.54) is 53.1 Å².